The van der Waals surface area contributed by atoms with Gasteiger partial charge in [-0.2, -0.15) is 0 Å². The van der Waals surface area contributed by atoms with Crippen LogP contribution < -0.4 is 10.6 Å². The molecule has 116 valence electrons. The van der Waals surface area contributed by atoms with E-state index < -0.39 is 0 Å². The van der Waals surface area contributed by atoms with Gasteiger partial charge in [0.25, 0.3) is 0 Å². The summed E-state index contributed by atoms with van der Waals surface area (Å²) in [5, 5.41) is 6.29. The monoisotopic (exact) mass is 303 g/mol. The lowest BCUT2D eigenvalue weighted by Gasteiger charge is -2.35. The molecule has 2 saturated heterocycles. The molecule has 0 saturated carbocycles. The van der Waals surface area contributed by atoms with Gasteiger partial charge in [-0.25, -0.2) is 0 Å². The Balaban J connectivity index is 0.00000200. The molecule has 0 aromatic heterocycles. The van der Waals surface area contributed by atoms with E-state index in [1.165, 1.54) is 0 Å². The Kier molecular flexibility index (Phi) is 6.76. The lowest BCUT2D eigenvalue weighted by molar-refractivity contribution is -0.135. The topological polar surface area (TPSA) is 61.4 Å². The molecule has 5 nitrogen and oxygen atoms in total. The van der Waals surface area contributed by atoms with E-state index in [1.54, 1.807) is 0 Å². The maximum atomic E-state index is 12.3. The molecule has 0 aromatic carbocycles. The highest BCUT2D eigenvalue weighted by Crippen LogP contribution is 2.15. The van der Waals surface area contributed by atoms with E-state index in [0.717, 1.165) is 38.8 Å². The van der Waals surface area contributed by atoms with Crippen LogP contribution in [0.4, 0.5) is 0 Å². The summed E-state index contributed by atoms with van der Waals surface area (Å²) in [6, 6.07) is 0.119. The van der Waals surface area contributed by atoms with Gasteiger partial charge in [-0.3, -0.25) is 9.59 Å². The number of carbonyl (C=O) groups excluding carboxylic acids is 2. The van der Waals surface area contributed by atoms with Gasteiger partial charge in [-0.1, -0.05) is 13.8 Å². The summed E-state index contributed by atoms with van der Waals surface area (Å²) in [7, 11) is 0. The molecule has 2 aliphatic heterocycles. The van der Waals surface area contributed by atoms with Crippen molar-refractivity contribution in [3.63, 3.8) is 0 Å². The van der Waals surface area contributed by atoms with Gasteiger partial charge in [0.15, 0.2) is 0 Å². The minimum absolute atomic E-state index is 0. The molecule has 2 aliphatic rings. The van der Waals surface area contributed by atoms with Gasteiger partial charge in [0.2, 0.25) is 11.8 Å². The molecular weight excluding hydrogens is 278 g/mol. The van der Waals surface area contributed by atoms with Gasteiger partial charge in [-0.05, 0) is 32.2 Å². The zero-order valence-electron chi connectivity index (χ0n) is 12.4. The molecule has 0 spiro atoms. The lowest BCUT2D eigenvalue weighted by atomic mass is 10.0. The van der Waals surface area contributed by atoms with Gasteiger partial charge >= 0.3 is 0 Å². The summed E-state index contributed by atoms with van der Waals surface area (Å²) in [6.45, 7) is 6.21. The Bertz CT molecular complexity index is 343. The van der Waals surface area contributed by atoms with Crippen molar-refractivity contribution in [2.75, 3.05) is 19.6 Å². The third-order valence-corrected chi connectivity index (χ3v) is 3.96. The number of amides is 2. The molecule has 2 atom stereocenters. The van der Waals surface area contributed by atoms with Gasteiger partial charge in [0, 0.05) is 25.0 Å². The highest BCUT2D eigenvalue weighted by Gasteiger charge is 2.30. The minimum atomic E-state index is -0.000416. The highest BCUT2D eigenvalue weighted by atomic mass is 35.5. The maximum Gasteiger partial charge on any atom is 0.239 e. The molecule has 20 heavy (non-hydrogen) atoms. The van der Waals surface area contributed by atoms with Gasteiger partial charge in [-0.15, -0.1) is 12.4 Å². The number of nitrogens with zero attached hydrogens (tertiary/aromatic N) is 1. The second-order valence-electron chi connectivity index (χ2n) is 5.94. The van der Waals surface area contributed by atoms with Crippen molar-refractivity contribution in [1.29, 1.82) is 0 Å². The van der Waals surface area contributed by atoms with Crippen molar-refractivity contribution < 1.29 is 9.59 Å². The summed E-state index contributed by atoms with van der Waals surface area (Å²) in [4.78, 5) is 25.9. The molecule has 0 bridgehead atoms. The van der Waals surface area contributed by atoms with Crippen LogP contribution in [0.3, 0.4) is 0 Å². The van der Waals surface area contributed by atoms with Crippen molar-refractivity contribution >= 4 is 24.2 Å². The van der Waals surface area contributed by atoms with Gasteiger partial charge in [0.05, 0.1) is 6.04 Å². The fraction of sp³-hybridized carbons (Fsp3) is 0.857. The first-order valence-corrected chi connectivity index (χ1v) is 7.40. The Morgan fingerprint density at radius 2 is 2.00 bits per heavy atom. The summed E-state index contributed by atoms with van der Waals surface area (Å²) < 4.78 is 0. The summed E-state index contributed by atoms with van der Waals surface area (Å²) in [6.07, 6.45) is 3.97. The average Bonchev–Trinajstić information content (AvgIpc) is 2.92. The first-order chi connectivity index (χ1) is 9.08. The molecule has 2 amide bonds. The molecule has 2 unspecified atom stereocenters. The van der Waals surface area contributed by atoms with Crippen molar-refractivity contribution in [1.82, 2.24) is 15.5 Å². The van der Waals surface area contributed by atoms with E-state index in [4.69, 9.17) is 0 Å². The number of hydrogen-bond acceptors (Lipinski definition) is 3. The largest absolute Gasteiger partial charge is 0.351 e. The molecule has 6 heteroatoms. The first kappa shape index (κ1) is 17.2. The van der Waals surface area contributed by atoms with E-state index in [2.05, 4.69) is 10.6 Å². The second-order valence-corrected chi connectivity index (χ2v) is 5.94. The number of nitrogens with one attached hydrogen (secondary N) is 2. The number of halogens is 1. The number of likely N-dealkylation sites (tertiary alicyclic amines) is 1. The Morgan fingerprint density at radius 1 is 1.25 bits per heavy atom. The summed E-state index contributed by atoms with van der Waals surface area (Å²) >= 11 is 0. The minimum Gasteiger partial charge on any atom is -0.351 e. The third-order valence-electron chi connectivity index (χ3n) is 3.96. The van der Waals surface area contributed by atoms with E-state index in [1.807, 2.05) is 18.7 Å². The normalized spacial score (nSPS) is 26.2. The third kappa shape index (κ3) is 4.35. The Morgan fingerprint density at radius 3 is 2.60 bits per heavy atom. The molecule has 2 rings (SSSR count). The van der Waals surface area contributed by atoms with E-state index in [9.17, 15) is 9.59 Å². The van der Waals surface area contributed by atoms with Crippen LogP contribution in [-0.4, -0.2) is 48.4 Å². The number of rotatable bonds is 3. The molecule has 2 fully saturated rings. The first-order valence-electron chi connectivity index (χ1n) is 7.40. The molecule has 0 aromatic rings. The maximum absolute atomic E-state index is 12.3. The molecular formula is C14H26ClN3O2. The van der Waals surface area contributed by atoms with Crippen LogP contribution >= 0.6 is 12.4 Å². The Hall–Kier alpha value is -0.810. The van der Waals surface area contributed by atoms with Crippen LogP contribution in [0.25, 0.3) is 0 Å². The fourth-order valence-corrected chi connectivity index (χ4v) is 2.78. The van der Waals surface area contributed by atoms with Crippen LogP contribution in [0.1, 0.15) is 39.5 Å². The fourth-order valence-electron chi connectivity index (χ4n) is 2.78. The van der Waals surface area contributed by atoms with Crippen LogP contribution in [0, 0.1) is 5.92 Å². The second kappa shape index (κ2) is 7.84. The zero-order chi connectivity index (χ0) is 13.8. The quantitative estimate of drug-likeness (QED) is 0.815. The number of piperidine rings is 1. The van der Waals surface area contributed by atoms with Crippen LogP contribution in [0.2, 0.25) is 0 Å². The number of carbonyl (C=O) groups is 2. The molecule has 2 heterocycles. The predicted molar refractivity (Wildman–Crippen MR) is 80.9 cm³/mol. The van der Waals surface area contributed by atoms with Crippen molar-refractivity contribution in [3.05, 3.63) is 0 Å². The summed E-state index contributed by atoms with van der Waals surface area (Å²) in [5.74, 6) is 0.293. The predicted octanol–water partition coefficient (Wildman–Crippen LogP) is 0.923. The Labute approximate surface area is 127 Å². The highest BCUT2D eigenvalue weighted by molar-refractivity contribution is 5.85. The van der Waals surface area contributed by atoms with E-state index >= 15 is 0 Å². The smallest absolute Gasteiger partial charge is 0.239 e. The molecule has 2 N–H and O–H groups in total. The number of hydrogen-bond donors (Lipinski definition) is 2. The SMILES string of the molecule is CC(C)C(=O)NC1CCCN(C(=O)C2CCCN2)C1.Cl. The average molecular weight is 304 g/mol. The van der Waals surface area contributed by atoms with Gasteiger partial charge in [0.1, 0.15) is 0 Å². The molecule has 0 aliphatic carbocycles. The van der Waals surface area contributed by atoms with Gasteiger partial charge < -0.3 is 15.5 Å². The van der Waals surface area contributed by atoms with E-state index in [-0.39, 0.29) is 42.2 Å². The zero-order valence-corrected chi connectivity index (χ0v) is 13.2. The van der Waals surface area contributed by atoms with Crippen molar-refractivity contribution in [3.8, 4) is 0 Å². The van der Waals surface area contributed by atoms with Crippen LogP contribution in [0.5, 0.6) is 0 Å². The van der Waals surface area contributed by atoms with Crippen molar-refractivity contribution in [2.45, 2.75) is 51.6 Å². The van der Waals surface area contributed by atoms with Crippen molar-refractivity contribution in [2.24, 2.45) is 5.92 Å². The molecule has 0 radical (unpaired) electrons. The lowest BCUT2D eigenvalue weighted by Crippen LogP contribution is -2.53. The van der Waals surface area contributed by atoms with E-state index in [0.29, 0.717) is 6.54 Å². The standard InChI is InChI=1S/C14H25N3O2.ClH/c1-10(2)13(18)16-11-5-4-8-17(9-11)14(19)12-6-3-7-15-12;/h10-12,15H,3-9H2,1-2H3,(H,16,18);1H. The summed E-state index contributed by atoms with van der Waals surface area (Å²) in [5.41, 5.74) is 0. The van der Waals surface area contributed by atoms with Crippen LogP contribution in [0.15, 0.2) is 0 Å². The van der Waals surface area contributed by atoms with Crippen LogP contribution in [-0.2, 0) is 9.59 Å².